The topological polar surface area (TPSA) is 30.5 Å². The fraction of sp³-hybridized carbons (Fsp3) is 0.200. The summed E-state index contributed by atoms with van der Waals surface area (Å²) in [6.07, 6.45) is 0. The second-order valence-electron chi connectivity index (χ2n) is 7.30. The van der Waals surface area contributed by atoms with Crippen LogP contribution in [0.25, 0.3) is 33.4 Å². The number of fused-ring (bicyclic) bond motifs is 1. The van der Waals surface area contributed by atoms with Crippen molar-refractivity contribution in [1.29, 1.82) is 0 Å². The smallest absolute Gasteiger partial charge is 0.136 e. The average Bonchev–Trinajstić information content (AvgIpc) is 3.19. The van der Waals surface area contributed by atoms with Gasteiger partial charge in [-0.05, 0) is 28.8 Å². The van der Waals surface area contributed by atoms with E-state index in [0.29, 0.717) is 0 Å². The lowest BCUT2D eigenvalue weighted by Crippen LogP contribution is -2.39. The summed E-state index contributed by atoms with van der Waals surface area (Å²) in [7, 11) is 0. The Labute approximate surface area is 165 Å². The number of nitrogens with zero attached hydrogens (tertiary/aromatic N) is 2. The summed E-state index contributed by atoms with van der Waals surface area (Å²) < 4.78 is 6.18. The molecule has 3 nitrogen and oxygen atoms in total. The molecular formula is C25H23N2O. The predicted molar refractivity (Wildman–Crippen MR) is 114 cm³/mol. The number of rotatable bonds is 4. The van der Waals surface area contributed by atoms with E-state index in [1.807, 2.05) is 18.2 Å². The minimum absolute atomic E-state index is 0.920. The molecule has 0 aliphatic carbocycles. The molecule has 28 heavy (non-hydrogen) atoms. The number of hydrogen-bond acceptors (Lipinski definition) is 2. The van der Waals surface area contributed by atoms with Crippen LogP contribution in [0.5, 0.6) is 0 Å². The Morgan fingerprint density at radius 1 is 0.750 bits per heavy atom. The summed E-state index contributed by atoms with van der Waals surface area (Å²) >= 11 is 0. The van der Waals surface area contributed by atoms with E-state index in [-0.39, 0.29) is 0 Å². The standard InChI is InChI=1S/C25H23N2O/c1-3-9-21(20(8-1)18-27-15-13-26-14-16-27)22-10-4-5-11-23(22)25-17-19-7-2-6-12-24(19)28-25/h1-12,17H,13-16,18H2. The molecule has 3 aromatic carbocycles. The van der Waals surface area contributed by atoms with Gasteiger partial charge in [0.1, 0.15) is 11.3 Å². The van der Waals surface area contributed by atoms with Crippen LogP contribution >= 0.6 is 0 Å². The Bertz CT molecular complexity index is 1060. The summed E-state index contributed by atoms with van der Waals surface area (Å²) in [5, 5.41) is 5.61. The zero-order chi connectivity index (χ0) is 18.8. The lowest BCUT2D eigenvalue weighted by Gasteiger charge is -2.27. The number of piperazine rings is 1. The van der Waals surface area contributed by atoms with E-state index in [4.69, 9.17) is 4.42 Å². The Hall–Kier alpha value is -2.88. The second-order valence-corrected chi connectivity index (χ2v) is 7.30. The highest BCUT2D eigenvalue weighted by Crippen LogP contribution is 2.36. The van der Waals surface area contributed by atoms with Gasteiger partial charge in [0.2, 0.25) is 0 Å². The molecule has 139 valence electrons. The quantitative estimate of drug-likeness (QED) is 0.497. The van der Waals surface area contributed by atoms with E-state index in [1.165, 1.54) is 16.7 Å². The Morgan fingerprint density at radius 3 is 2.25 bits per heavy atom. The molecule has 0 unspecified atom stereocenters. The van der Waals surface area contributed by atoms with Crippen LogP contribution < -0.4 is 5.32 Å². The van der Waals surface area contributed by atoms with E-state index in [2.05, 4.69) is 70.9 Å². The van der Waals surface area contributed by atoms with E-state index in [1.54, 1.807) is 0 Å². The van der Waals surface area contributed by atoms with Crippen LogP contribution in [0.1, 0.15) is 5.56 Å². The van der Waals surface area contributed by atoms with Crippen molar-refractivity contribution in [3.05, 3.63) is 84.4 Å². The van der Waals surface area contributed by atoms with Gasteiger partial charge in [-0.3, -0.25) is 4.90 Å². The highest BCUT2D eigenvalue weighted by atomic mass is 16.3. The van der Waals surface area contributed by atoms with Crippen LogP contribution in [0, 0.1) is 0 Å². The SMILES string of the molecule is c1ccc(-c2ccccc2-c2cc3ccccc3o2)c(CN2CC[N]CC2)c1. The third kappa shape index (κ3) is 3.35. The first kappa shape index (κ1) is 17.2. The molecule has 4 aromatic rings. The maximum Gasteiger partial charge on any atom is 0.136 e. The van der Waals surface area contributed by atoms with Gasteiger partial charge in [-0.15, -0.1) is 0 Å². The highest BCUT2D eigenvalue weighted by molar-refractivity contribution is 5.88. The molecule has 1 saturated heterocycles. The summed E-state index contributed by atoms with van der Waals surface area (Å²) in [6, 6.07) is 27.6. The molecule has 1 aliphatic heterocycles. The Kier molecular flexibility index (Phi) is 4.69. The van der Waals surface area contributed by atoms with Crippen LogP contribution in [0.3, 0.4) is 0 Å². The summed E-state index contributed by atoms with van der Waals surface area (Å²) in [5.74, 6) is 0.920. The van der Waals surface area contributed by atoms with E-state index < -0.39 is 0 Å². The van der Waals surface area contributed by atoms with Crippen molar-refractivity contribution in [2.24, 2.45) is 0 Å². The maximum atomic E-state index is 6.18. The van der Waals surface area contributed by atoms with Crippen LogP contribution in [-0.4, -0.2) is 31.1 Å². The molecule has 0 saturated carbocycles. The number of furan rings is 1. The van der Waals surface area contributed by atoms with Crippen LogP contribution in [0.4, 0.5) is 0 Å². The molecule has 0 amide bonds. The van der Waals surface area contributed by atoms with Gasteiger partial charge in [0, 0.05) is 43.7 Å². The normalized spacial score (nSPS) is 15.1. The lowest BCUT2D eigenvalue weighted by atomic mass is 9.94. The molecule has 2 heterocycles. The fourth-order valence-electron chi connectivity index (χ4n) is 4.02. The van der Waals surface area contributed by atoms with Gasteiger partial charge < -0.3 is 4.42 Å². The highest BCUT2D eigenvalue weighted by Gasteiger charge is 2.16. The Morgan fingerprint density at radius 2 is 1.43 bits per heavy atom. The average molecular weight is 367 g/mol. The zero-order valence-electron chi connectivity index (χ0n) is 15.8. The first-order chi connectivity index (χ1) is 13.9. The molecule has 0 bridgehead atoms. The molecule has 1 aromatic heterocycles. The molecular weight excluding hydrogens is 344 g/mol. The van der Waals surface area contributed by atoms with Gasteiger partial charge in [0.05, 0.1) is 0 Å². The fourth-order valence-corrected chi connectivity index (χ4v) is 4.02. The van der Waals surface area contributed by atoms with Crippen molar-refractivity contribution >= 4 is 11.0 Å². The molecule has 1 aliphatic rings. The molecule has 0 atom stereocenters. The van der Waals surface area contributed by atoms with Crippen molar-refractivity contribution in [2.75, 3.05) is 26.2 Å². The third-order valence-electron chi connectivity index (χ3n) is 5.47. The summed E-state index contributed by atoms with van der Waals surface area (Å²) in [6.45, 7) is 4.93. The van der Waals surface area contributed by atoms with Crippen LogP contribution in [0.15, 0.2) is 83.3 Å². The molecule has 1 radical (unpaired) electrons. The van der Waals surface area contributed by atoms with Gasteiger partial charge >= 0.3 is 0 Å². The van der Waals surface area contributed by atoms with Crippen LogP contribution in [0.2, 0.25) is 0 Å². The molecule has 5 rings (SSSR count). The first-order valence-corrected chi connectivity index (χ1v) is 9.90. The van der Waals surface area contributed by atoms with E-state index in [0.717, 1.165) is 55.0 Å². The Balaban J connectivity index is 1.57. The summed E-state index contributed by atoms with van der Waals surface area (Å²) in [4.78, 5) is 2.50. The minimum atomic E-state index is 0.920. The number of hydrogen-bond donors (Lipinski definition) is 0. The van der Waals surface area contributed by atoms with Crippen molar-refractivity contribution < 1.29 is 4.42 Å². The van der Waals surface area contributed by atoms with Crippen molar-refractivity contribution in [2.45, 2.75) is 6.54 Å². The molecule has 3 heteroatoms. The molecule has 0 N–H and O–H groups in total. The van der Waals surface area contributed by atoms with Gasteiger partial charge in [-0.25, -0.2) is 5.32 Å². The van der Waals surface area contributed by atoms with Gasteiger partial charge in [-0.2, -0.15) is 0 Å². The predicted octanol–water partition coefficient (Wildman–Crippen LogP) is 5.19. The van der Waals surface area contributed by atoms with Gasteiger partial charge in [0.25, 0.3) is 0 Å². The number of benzene rings is 3. The zero-order valence-corrected chi connectivity index (χ0v) is 15.8. The van der Waals surface area contributed by atoms with E-state index in [9.17, 15) is 0 Å². The van der Waals surface area contributed by atoms with Gasteiger partial charge in [0.15, 0.2) is 0 Å². The minimum Gasteiger partial charge on any atom is -0.456 e. The monoisotopic (exact) mass is 367 g/mol. The third-order valence-corrected chi connectivity index (χ3v) is 5.47. The first-order valence-electron chi connectivity index (χ1n) is 9.90. The number of para-hydroxylation sites is 1. The van der Waals surface area contributed by atoms with E-state index >= 15 is 0 Å². The molecule has 0 spiro atoms. The van der Waals surface area contributed by atoms with Crippen LogP contribution in [-0.2, 0) is 6.54 Å². The van der Waals surface area contributed by atoms with Crippen molar-refractivity contribution in [3.63, 3.8) is 0 Å². The summed E-state index contributed by atoms with van der Waals surface area (Å²) in [5.41, 5.74) is 5.92. The maximum absolute atomic E-state index is 6.18. The molecule has 1 fully saturated rings. The van der Waals surface area contributed by atoms with Gasteiger partial charge in [-0.1, -0.05) is 66.7 Å². The van der Waals surface area contributed by atoms with Crippen molar-refractivity contribution in [1.82, 2.24) is 10.2 Å². The second kappa shape index (κ2) is 7.63. The largest absolute Gasteiger partial charge is 0.456 e. The lowest BCUT2D eigenvalue weighted by molar-refractivity contribution is 0.231. The van der Waals surface area contributed by atoms with Crippen molar-refractivity contribution in [3.8, 4) is 22.5 Å².